The Kier molecular flexibility index (Phi) is 3.64. The second-order valence-electron chi connectivity index (χ2n) is 4.29. The van der Waals surface area contributed by atoms with Crippen LogP contribution in [0.2, 0.25) is 0 Å². The molecule has 0 unspecified atom stereocenters. The molecule has 0 aliphatic rings. The molecule has 1 heterocycles. The van der Waals surface area contributed by atoms with Crippen LogP contribution in [0.4, 0.5) is 0 Å². The summed E-state index contributed by atoms with van der Waals surface area (Å²) in [5.41, 5.74) is 3.10. The first-order valence-corrected chi connectivity index (χ1v) is 8.11. The minimum absolute atomic E-state index is 0.218. The highest BCUT2D eigenvalue weighted by Crippen LogP contribution is 2.24. The highest BCUT2D eigenvalue weighted by atomic mass is 35.7. The summed E-state index contributed by atoms with van der Waals surface area (Å²) in [5, 5.41) is 7.41. The van der Waals surface area contributed by atoms with Crippen molar-refractivity contribution in [3.63, 3.8) is 0 Å². The van der Waals surface area contributed by atoms with E-state index in [1.54, 1.807) is 0 Å². The van der Waals surface area contributed by atoms with Gasteiger partial charge in [0.1, 0.15) is 0 Å². The minimum Gasteiger partial charge on any atom is -0.297 e. The second kappa shape index (κ2) is 4.94. The molecular formula is C12H14ClN3O2S. The highest BCUT2D eigenvalue weighted by Gasteiger charge is 2.22. The minimum atomic E-state index is -3.89. The van der Waals surface area contributed by atoms with Crippen LogP contribution in [0.15, 0.2) is 23.4 Å². The Morgan fingerprint density at radius 3 is 2.42 bits per heavy atom. The highest BCUT2D eigenvalue weighted by molar-refractivity contribution is 8.13. The Morgan fingerprint density at radius 2 is 1.89 bits per heavy atom. The number of hydrogen-bond donors (Lipinski definition) is 0. The summed E-state index contributed by atoms with van der Waals surface area (Å²) < 4.78 is 24.3. The molecule has 1 aromatic carbocycles. The molecule has 7 heteroatoms. The molecule has 0 aliphatic carbocycles. The number of halogens is 1. The van der Waals surface area contributed by atoms with Gasteiger partial charge < -0.3 is 0 Å². The van der Waals surface area contributed by atoms with E-state index >= 15 is 0 Å². The Bertz CT molecular complexity index is 723. The number of nitrogens with zero attached hydrogens (tertiary/aromatic N) is 3. The molecule has 0 saturated carbocycles. The van der Waals surface area contributed by atoms with Crippen molar-refractivity contribution in [2.45, 2.75) is 32.5 Å². The van der Waals surface area contributed by atoms with Crippen LogP contribution in [0.3, 0.4) is 0 Å². The Labute approximate surface area is 116 Å². The molecule has 0 fully saturated rings. The zero-order chi connectivity index (χ0) is 14.2. The van der Waals surface area contributed by atoms with E-state index < -0.39 is 9.05 Å². The van der Waals surface area contributed by atoms with Crippen molar-refractivity contribution in [1.29, 1.82) is 0 Å². The molecule has 102 valence electrons. The van der Waals surface area contributed by atoms with Crippen LogP contribution in [-0.4, -0.2) is 23.2 Å². The van der Waals surface area contributed by atoms with E-state index in [4.69, 9.17) is 10.7 Å². The molecule has 0 bridgehead atoms. The van der Waals surface area contributed by atoms with Gasteiger partial charge in [0, 0.05) is 22.8 Å². The van der Waals surface area contributed by atoms with E-state index in [9.17, 15) is 8.42 Å². The molecule has 2 aromatic rings. The number of rotatable bonds is 3. The van der Waals surface area contributed by atoms with E-state index in [1.807, 2.05) is 39.0 Å². The Morgan fingerprint density at radius 1 is 1.21 bits per heavy atom. The maximum absolute atomic E-state index is 11.4. The number of benzene rings is 1. The van der Waals surface area contributed by atoms with Gasteiger partial charge in [-0.15, -0.1) is 10.2 Å². The number of hydrogen-bond acceptors (Lipinski definition) is 4. The molecule has 5 nitrogen and oxygen atoms in total. The summed E-state index contributed by atoms with van der Waals surface area (Å²) in [5.74, 6) is 0.504. The number of aromatic nitrogens is 3. The summed E-state index contributed by atoms with van der Waals surface area (Å²) in [4.78, 5) is 0. The van der Waals surface area contributed by atoms with E-state index in [1.165, 1.54) is 4.57 Å². The third-order valence-corrected chi connectivity index (χ3v) is 4.17. The van der Waals surface area contributed by atoms with Gasteiger partial charge in [0.15, 0.2) is 5.82 Å². The van der Waals surface area contributed by atoms with E-state index in [0.717, 1.165) is 16.7 Å². The van der Waals surface area contributed by atoms with Crippen LogP contribution in [0.25, 0.3) is 11.4 Å². The van der Waals surface area contributed by atoms with Gasteiger partial charge in [-0.3, -0.25) is 4.57 Å². The predicted octanol–water partition coefficient (Wildman–Crippen LogP) is 2.51. The van der Waals surface area contributed by atoms with Crippen molar-refractivity contribution in [2.75, 3.05) is 0 Å². The van der Waals surface area contributed by atoms with Crippen LogP contribution >= 0.6 is 10.7 Å². The summed E-state index contributed by atoms with van der Waals surface area (Å²) in [6.45, 7) is 6.25. The molecule has 0 N–H and O–H groups in total. The van der Waals surface area contributed by atoms with Crippen molar-refractivity contribution in [3.8, 4) is 11.4 Å². The molecule has 0 radical (unpaired) electrons. The van der Waals surface area contributed by atoms with Gasteiger partial charge >= 0.3 is 0 Å². The monoisotopic (exact) mass is 299 g/mol. The average Bonchev–Trinajstić information content (AvgIpc) is 2.76. The fraction of sp³-hybridized carbons (Fsp3) is 0.333. The smallest absolute Gasteiger partial charge is 0.296 e. The van der Waals surface area contributed by atoms with Gasteiger partial charge in [-0.05, 0) is 38.0 Å². The second-order valence-corrected chi connectivity index (χ2v) is 6.75. The van der Waals surface area contributed by atoms with Gasteiger partial charge in [0.2, 0.25) is 0 Å². The maximum atomic E-state index is 11.4. The average molecular weight is 300 g/mol. The SMILES string of the molecule is CCn1c(-c2ccc(C)c(C)c2)nnc1S(=O)(=O)Cl. The molecule has 0 atom stereocenters. The fourth-order valence-electron chi connectivity index (χ4n) is 1.85. The van der Waals surface area contributed by atoms with Gasteiger partial charge in [-0.2, -0.15) is 0 Å². The van der Waals surface area contributed by atoms with Gasteiger partial charge in [-0.25, -0.2) is 8.42 Å². The molecule has 0 aliphatic heterocycles. The summed E-state index contributed by atoms with van der Waals surface area (Å²) in [7, 11) is 1.46. The Hall–Kier alpha value is -1.40. The van der Waals surface area contributed by atoms with Crippen molar-refractivity contribution in [1.82, 2.24) is 14.8 Å². The maximum Gasteiger partial charge on any atom is 0.296 e. The zero-order valence-corrected chi connectivity index (χ0v) is 12.5. The first kappa shape index (κ1) is 14.0. The predicted molar refractivity (Wildman–Crippen MR) is 73.6 cm³/mol. The molecule has 1 aromatic heterocycles. The lowest BCUT2D eigenvalue weighted by molar-refractivity contribution is 0.583. The van der Waals surface area contributed by atoms with Crippen molar-refractivity contribution >= 4 is 19.7 Å². The van der Waals surface area contributed by atoms with Crippen molar-refractivity contribution in [2.24, 2.45) is 0 Å². The summed E-state index contributed by atoms with van der Waals surface area (Å²) in [6.07, 6.45) is 0. The topological polar surface area (TPSA) is 64.8 Å². The third-order valence-electron chi connectivity index (χ3n) is 3.02. The van der Waals surface area contributed by atoms with E-state index in [0.29, 0.717) is 12.4 Å². The molecule has 0 amide bonds. The molecular weight excluding hydrogens is 286 g/mol. The molecule has 0 spiro atoms. The lowest BCUT2D eigenvalue weighted by Crippen LogP contribution is -2.06. The zero-order valence-electron chi connectivity index (χ0n) is 10.9. The summed E-state index contributed by atoms with van der Waals surface area (Å²) >= 11 is 0. The molecule has 19 heavy (non-hydrogen) atoms. The van der Waals surface area contributed by atoms with E-state index in [-0.39, 0.29) is 5.16 Å². The summed E-state index contributed by atoms with van der Waals surface area (Å²) in [6, 6.07) is 5.81. The van der Waals surface area contributed by atoms with Gasteiger partial charge in [0.25, 0.3) is 14.2 Å². The van der Waals surface area contributed by atoms with Crippen LogP contribution in [0.1, 0.15) is 18.1 Å². The van der Waals surface area contributed by atoms with Crippen LogP contribution in [-0.2, 0) is 15.6 Å². The lowest BCUT2D eigenvalue weighted by Gasteiger charge is -2.07. The van der Waals surface area contributed by atoms with Gasteiger partial charge in [0.05, 0.1) is 0 Å². The fourth-order valence-corrected chi connectivity index (χ4v) is 2.81. The van der Waals surface area contributed by atoms with E-state index in [2.05, 4.69) is 10.2 Å². The third kappa shape index (κ3) is 2.64. The van der Waals surface area contributed by atoms with Crippen LogP contribution in [0, 0.1) is 13.8 Å². The first-order valence-electron chi connectivity index (χ1n) is 5.80. The van der Waals surface area contributed by atoms with Crippen molar-refractivity contribution < 1.29 is 8.42 Å². The van der Waals surface area contributed by atoms with Crippen molar-refractivity contribution in [3.05, 3.63) is 29.3 Å². The van der Waals surface area contributed by atoms with Crippen LogP contribution < -0.4 is 0 Å². The first-order chi connectivity index (χ1) is 8.84. The Balaban J connectivity index is 2.63. The van der Waals surface area contributed by atoms with Gasteiger partial charge in [-0.1, -0.05) is 12.1 Å². The number of aryl methyl sites for hydroxylation is 2. The quantitative estimate of drug-likeness (QED) is 0.817. The van der Waals surface area contributed by atoms with Crippen LogP contribution in [0.5, 0.6) is 0 Å². The largest absolute Gasteiger partial charge is 0.297 e. The lowest BCUT2D eigenvalue weighted by atomic mass is 10.1. The normalized spacial score (nSPS) is 11.8. The standard InChI is InChI=1S/C12H14ClN3O2S/c1-4-16-11(14-15-12(16)19(13,17)18)10-6-5-8(2)9(3)7-10/h5-7H,4H2,1-3H3. The molecule has 2 rings (SSSR count). The molecule has 0 saturated heterocycles.